The molecular formula is C23H17N3O5. The summed E-state index contributed by atoms with van der Waals surface area (Å²) in [5.41, 5.74) is 1.43. The molecule has 4 rings (SSSR count). The largest absolute Gasteiger partial charge is 0.462 e. The van der Waals surface area contributed by atoms with Gasteiger partial charge < -0.3 is 9.14 Å². The van der Waals surface area contributed by atoms with E-state index in [4.69, 9.17) is 4.74 Å². The van der Waals surface area contributed by atoms with Crippen LogP contribution in [0.5, 0.6) is 0 Å². The highest BCUT2D eigenvalue weighted by Crippen LogP contribution is 2.34. The second kappa shape index (κ2) is 8.19. The Labute approximate surface area is 176 Å². The number of aromatic nitrogens is 2. The molecule has 0 N–H and O–H groups in total. The Bertz CT molecular complexity index is 1310. The third kappa shape index (κ3) is 3.55. The molecule has 0 unspecified atom stereocenters. The molecule has 0 aliphatic rings. The summed E-state index contributed by atoms with van der Waals surface area (Å²) in [5.74, 6) is -1.18. The van der Waals surface area contributed by atoms with Crippen molar-refractivity contribution in [3.63, 3.8) is 0 Å². The second-order valence-electron chi connectivity index (χ2n) is 6.63. The van der Waals surface area contributed by atoms with Crippen molar-refractivity contribution in [3.05, 3.63) is 99.9 Å². The van der Waals surface area contributed by atoms with Crippen molar-refractivity contribution in [2.75, 3.05) is 6.61 Å². The Kier molecular flexibility index (Phi) is 5.28. The van der Waals surface area contributed by atoms with Crippen LogP contribution in [0.25, 0.3) is 16.9 Å². The van der Waals surface area contributed by atoms with Gasteiger partial charge >= 0.3 is 5.97 Å². The van der Waals surface area contributed by atoms with Crippen LogP contribution in [0.1, 0.15) is 33.2 Å². The zero-order valence-electron chi connectivity index (χ0n) is 16.5. The van der Waals surface area contributed by atoms with E-state index in [-0.39, 0.29) is 29.0 Å². The SMILES string of the molecule is CCOC(=O)c1c(C(=O)c2cccc([N+](=O)[O-])c2)c(-c2ccccn2)n2ccccc12. The zero-order valence-corrected chi connectivity index (χ0v) is 16.5. The fraction of sp³-hybridized carbons (Fsp3) is 0.0870. The number of fused-ring (bicyclic) bond motifs is 1. The Balaban J connectivity index is 2.06. The van der Waals surface area contributed by atoms with E-state index < -0.39 is 16.7 Å². The Hall–Kier alpha value is -4.33. The maximum atomic E-state index is 13.6. The average Bonchev–Trinajstić information content (AvgIpc) is 3.14. The predicted octanol–water partition coefficient (Wildman–Crippen LogP) is 4.32. The molecule has 4 aromatic rings. The molecule has 3 heterocycles. The van der Waals surface area contributed by atoms with Gasteiger partial charge in [-0.15, -0.1) is 0 Å². The summed E-state index contributed by atoms with van der Waals surface area (Å²) < 4.78 is 6.95. The van der Waals surface area contributed by atoms with E-state index >= 15 is 0 Å². The first-order valence-electron chi connectivity index (χ1n) is 9.53. The molecule has 0 saturated carbocycles. The van der Waals surface area contributed by atoms with Crippen molar-refractivity contribution in [3.8, 4) is 11.4 Å². The Morgan fingerprint density at radius 3 is 2.58 bits per heavy atom. The topological polar surface area (TPSA) is 104 Å². The van der Waals surface area contributed by atoms with E-state index in [1.165, 1.54) is 24.3 Å². The second-order valence-corrected chi connectivity index (χ2v) is 6.63. The summed E-state index contributed by atoms with van der Waals surface area (Å²) in [7, 11) is 0. The molecule has 0 atom stereocenters. The minimum Gasteiger partial charge on any atom is -0.462 e. The third-order valence-corrected chi connectivity index (χ3v) is 4.78. The van der Waals surface area contributed by atoms with Gasteiger partial charge in [0.15, 0.2) is 5.78 Å². The predicted molar refractivity (Wildman–Crippen MR) is 113 cm³/mol. The molecule has 3 aromatic heterocycles. The van der Waals surface area contributed by atoms with Crippen LogP contribution in [0.2, 0.25) is 0 Å². The van der Waals surface area contributed by atoms with E-state index in [1.807, 2.05) is 0 Å². The average molecular weight is 415 g/mol. The molecule has 0 bridgehead atoms. The first kappa shape index (κ1) is 20.0. The lowest BCUT2D eigenvalue weighted by atomic mass is 9.97. The summed E-state index contributed by atoms with van der Waals surface area (Å²) in [6, 6.07) is 15.9. The number of rotatable bonds is 6. The molecule has 8 heteroatoms. The van der Waals surface area contributed by atoms with E-state index in [0.717, 1.165) is 0 Å². The summed E-state index contributed by atoms with van der Waals surface area (Å²) in [6.45, 7) is 1.81. The first-order chi connectivity index (χ1) is 15.0. The number of esters is 1. The highest BCUT2D eigenvalue weighted by molar-refractivity contribution is 6.20. The molecule has 0 aliphatic carbocycles. The van der Waals surface area contributed by atoms with Gasteiger partial charge in [-0.05, 0) is 31.2 Å². The van der Waals surface area contributed by atoms with Crippen LogP contribution >= 0.6 is 0 Å². The van der Waals surface area contributed by atoms with Gasteiger partial charge in [0, 0.05) is 30.1 Å². The molecule has 1 aromatic carbocycles. The number of carbonyl (C=O) groups is 2. The number of carbonyl (C=O) groups excluding carboxylic acids is 2. The van der Waals surface area contributed by atoms with Crippen molar-refractivity contribution in [1.82, 2.24) is 9.38 Å². The number of pyridine rings is 2. The van der Waals surface area contributed by atoms with Crippen LogP contribution in [0.15, 0.2) is 73.1 Å². The van der Waals surface area contributed by atoms with E-state index in [0.29, 0.717) is 16.9 Å². The molecular weight excluding hydrogens is 398 g/mol. The molecule has 0 spiro atoms. The zero-order chi connectivity index (χ0) is 22.0. The minimum atomic E-state index is -0.651. The summed E-state index contributed by atoms with van der Waals surface area (Å²) >= 11 is 0. The van der Waals surface area contributed by atoms with Crippen molar-refractivity contribution in [1.29, 1.82) is 0 Å². The first-order valence-corrected chi connectivity index (χ1v) is 9.53. The van der Waals surface area contributed by atoms with Gasteiger partial charge in [-0.1, -0.05) is 24.3 Å². The molecule has 0 radical (unpaired) electrons. The van der Waals surface area contributed by atoms with Gasteiger partial charge in [0.1, 0.15) is 0 Å². The van der Waals surface area contributed by atoms with Crippen LogP contribution in [0.4, 0.5) is 5.69 Å². The van der Waals surface area contributed by atoms with Gasteiger partial charge in [0.05, 0.1) is 39.6 Å². The van der Waals surface area contributed by atoms with Gasteiger partial charge in [-0.3, -0.25) is 19.9 Å². The number of nitro groups is 1. The maximum absolute atomic E-state index is 13.6. The van der Waals surface area contributed by atoms with Gasteiger partial charge in [0.25, 0.3) is 5.69 Å². The molecule has 0 aliphatic heterocycles. The number of hydrogen-bond donors (Lipinski definition) is 0. The van der Waals surface area contributed by atoms with Crippen LogP contribution in [0.3, 0.4) is 0 Å². The Morgan fingerprint density at radius 1 is 1.06 bits per heavy atom. The molecule has 31 heavy (non-hydrogen) atoms. The number of non-ortho nitro benzene ring substituents is 1. The van der Waals surface area contributed by atoms with Gasteiger partial charge in [-0.25, -0.2) is 4.79 Å². The van der Waals surface area contributed by atoms with Gasteiger partial charge in [0.2, 0.25) is 0 Å². The normalized spacial score (nSPS) is 10.7. The molecule has 8 nitrogen and oxygen atoms in total. The van der Waals surface area contributed by atoms with Crippen molar-refractivity contribution in [2.45, 2.75) is 6.92 Å². The fourth-order valence-corrected chi connectivity index (χ4v) is 3.50. The minimum absolute atomic E-state index is 0.0869. The number of ether oxygens (including phenoxy) is 1. The third-order valence-electron chi connectivity index (χ3n) is 4.78. The quantitative estimate of drug-likeness (QED) is 0.201. The van der Waals surface area contributed by atoms with Crippen LogP contribution in [0, 0.1) is 10.1 Å². The van der Waals surface area contributed by atoms with Crippen molar-refractivity contribution in [2.24, 2.45) is 0 Å². The monoisotopic (exact) mass is 415 g/mol. The molecule has 0 saturated heterocycles. The number of ketones is 1. The van der Waals surface area contributed by atoms with Crippen LogP contribution in [-0.4, -0.2) is 32.7 Å². The van der Waals surface area contributed by atoms with Crippen LogP contribution in [-0.2, 0) is 4.74 Å². The highest BCUT2D eigenvalue weighted by atomic mass is 16.6. The van der Waals surface area contributed by atoms with Crippen molar-refractivity contribution >= 4 is 23.0 Å². The lowest BCUT2D eigenvalue weighted by Gasteiger charge is -2.07. The molecule has 154 valence electrons. The number of benzene rings is 1. The van der Waals surface area contributed by atoms with Crippen LogP contribution < -0.4 is 0 Å². The maximum Gasteiger partial charge on any atom is 0.341 e. The van der Waals surface area contributed by atoms with E-state index in [2.05, 4.69) is 4.98 Å². The number of hydrogen-bond acceptors (Lipinski definition) is 6. The lowest BCUT2D eigenvalue weighted by molar-refractivity contribution is -0.384. The molecule has 0 amide bonds. The van der Waals surface area contributed by atoms with E-state index in [9.17, 15) is 19.7 Å². The summed E-state index contributed by atoms with van der Waals surface area (Å²) in [6.07, 6.45) is 3.32. The van der Waals surface area contributed by atoms with E-state index in [1.54, 1.807) is 60.1 Å². The summed E-state index contributed by atoms with van der Waals surface area (Å²) in [5, 5.41) is 11.2. The van der Waals surface area contributed by atoms with Gasteiger partial charge in [-0.2, -0.15) is 0 Å². The highest BCUT2D eigenvalue weighted by Gasteiger charge is 2.31. The fourth-order valence-electron chi connectivity index (χ4n) is 3.50. The Morgan fingerprint density at radius 2 is 1.87 bits per heavy atom. The van der Waals surface area contributed by atoms with Crippen molar-refractivity contribution < 1.29 is 19.2 Å². The summed E-state index contributed by atoms with van der Waals surface area (Å²) in [4.78, 5) is 41.6. The standard InChI is InChI=1S/C23H17N3O5/c1-2-31-23(28)19-18-11-4-6-13-25(18)21(17-10-3-5-12-24-17)20(19)22(27)15-8-7-9-16(14-15)26(29)30/h3-14H,2H2,1H3. The molecule has 0 fully saturated rings. The smallest absolute Gasteiger partial charge is 0.341 e. The number of nitro benzene ring substituents is 1. The lowest BCUT2D eigenvalue weighted by Crippen LogP contribution is -2.12. The number of nitrogens with zero attached hydrogens (tertiary/aromatic N) is 3.